The molecule has 0 radical (unpaired) electrons. The van der Waals surface area contributed by atoms with E-state index in [1.165, 1.54) is 9.13 Å². The van der Waals surface area contributed by atoms with Gasteiger partial charge < -0.3 is 10.1 Å². The Morgan fingerprint density at radius 1 is 1.23 bits per heavy atom. The zero-order valence-electron chi connectivity index (χ0n) is 17.4. The summed E-state index contributed by atoms with van der Waals surface area (Å²) in [6, 6.07) is 4.88. The van der Waals surface area contributed by atoms with Gasteiger partial charge in [-0.15, -0.1) is 0 Å². The highest BCUT2D eigenvalue weighted by Crippen LogP contribution is 2.26. The minimum atomic E-state index is -0.680. The second kappa shape index (κ2) is 7.64. The molecule has 0 bridgehead atoms. The van der Waals surface area contributed by atoms with Crippen LogP contribution in [0.1, 0.15) is 24.4 Å². The monoisotopic (exact) mass is 423 g/mol. The first-order chi connectivity index (χ1) is 15.0. The van der Waals surface area contributed by atoms with E-state index >= 15 is 0 Å². The molecule has 1 aromatic heterocycles. The second-order valence-corrected chi connectivity index (χ2v) is 8.54. The van der Waals surface area contributed by atoms with Gasteiger partial charge in [0.25, 0.3) is 0 Å². The first-order valence-corrected chi connectivity index (χ1v) is 10.6. The summed E-state index contributed by atoms with van der Waals surface area (Å²) in [5.41, 5.74) is 1.87. The maximum absolute atomic E-state index is 12.8. The first-order valence-electron chi connectivity index (χ1n) is 10.6. The third kappa shape index (κ3) is 3.57. The lowest BCUT2D eigenvalue weighted by molar-refractivity contribution is -0.152. The van der Waals surface area contributed by atoms with Crippen LogP contribution in [0, 0.1) is 11.8 Å². The lowest BCUT2D eigenvalue weighted by Gasteiger charge is -2.51. The quantitative estimate of drug-likeness (QED) is 0.492. The number of imide groups is 1. The van der Waals surface area contributed by atoms with Crippen LogP contribution in [0.2, 0.25) is 0 Å². The van der Waals surface area contributed by atoms with Gasteiger partial charge in [-0.2, -0.15) is 0 Å². The van der Waals surface area contributed by atoms with Crippen molar-refractivity contribution in [2.45, 2.75) is 24.5 Å². The van der Waals surface area contributed by atoms with E-state index in [1.807, 2.05) is 18.2 Å². The molecule has 2 N–H and O–H groups in total. The first kappa shape index (κ1) is 20.0. The maximum Gasteiger partial charge on any atom is 0.329 e. The Bertz CT molecular complexity index is 1170. The highest BCUT2D eigenvalue weighted by Gasteiger charge is 2.44. The molecule has 3 aliphatic heterocycles. The summed E-state index contributed by atoms with van der Waals surface area (Å²) in [7, 11) is 1.68. The standard InChI is InChI=1S/C22H25N5O4/c1-25-18-11-15(3-2-9-26-13-22(14-26)12-23-8-10-31-22)4-5-16(18)27(21(25)30)17-6-7-19(28)24-20(17)29/h4-5,11,17,23H,6-10,12-14H2,1H3,(H,24,28,29). The number of aryl methyl sites for hydroxylation is 1. The molecule has 4 heterocycles. The van der Waals surface area contributed by atoms with Crippen molar-refractivity contribution in [1.29, 1.82) is 0 Å². The minimum absolute atomic E-state index is 0.0456. The van der Waals surface area contributed by atoms with E-state index in [1.54, 1.807) is 7.05 Å². The van der Waals surface area contributed by atoms with Crippen molar-refractivity contribution >= 4 is 22.8 Å². The summed E-state index contributed by atoms with van der Waals surface area (Å²) >= 11 is 0. The molecule has 9 heteroatoms. The smallest absolute Gasteiger partial charge is 0.329 e. The molecule has 2 amide bonds. The molecule has 0 saturated carbocycles. The van der Waals surface area contributed by atoms with Gasteiger partial charge in [0.2, 0.25) is 11.8 Å². The molecule has 3 fully saturated rings. The van der Waals surface area contributed by atoms with Crippen LogP contribution in [0.4, 0.5) is 0 Å². The van der Waals surface area contributed by atoms with Crippen molar-refractivity contribution in [2.24, 2.45) is 7.05 Å². The van der Waals surface area contributed by atoms with Crippen molar-refractivity contribution in [1.82, 2.24) is 24.7 Å². The van der Waals surface area contributed by atoms with E-state index in [0.717, 1.165) is 38.3 Å². The summed E-state index contributed by atoms with van der Waals surface area (Å²) in [6.07, 6.45) is 0.545. The number of benzene rings is 1. The Hall–Kier alpha value is -2.93. The average Bonchev–Trinajstić information content (AvgIpc) is 2.98. The van der Waals surface area contributed by atoms with Crippen LogP contribution in [0.25, 0.3) is 11.0 Å². The lowest BCUT2D eigenvalue weighted by atomic mass is 9.93. The summed E-state index contributed by atoms with van der Waals surface area (Å²) in [4.78, 5) is 38.8. The van der Waals surface area contributed by atoms with Crippen molar-refractivity contribution in [3.05, 3.63) is 34.2 Å². The fraction of sp³-hybridized carbons (Fsp3) is 0.500. The van der Waals surface area contributed by atoms with Crippen LogP contribution in [-0.2, 0) is 21.4 Å². The van der Waals surface area contributed by atoms with E-state index in [9.17, 15) is 14.4 Å². The van der Waals surface area contributed by atoms with Gasteiger partial charge >= 0.3 is 5.69 Å². The molecular formula is C22H25N5O4. The van der Waals surface area contributed by atoms with Crippen LogP contribution in [0.3, 0.4) is 0 Å². The predicted molar refractivity (Wildman–Crippen MR) is 113 cm³/mol. The van der Waals surface area contributed by atoms with E-state index in [0.29, 0.717) is 24.0 Å². The molecule has 3 aliphatic rings. The third-order valence-corrected chi connectivity index (χ3v) is 6.30. The molecule has 0 aliphatic carbocycles. The lowest BCUT2D eigenvalue weighted by Crippen LogP contribution is -2.69. The van der Waals surface area contributed by atoms with Crippen LogP contribution in [0.5, 0.6) is 0 Å². The molecule has 5 rings (SSSR count). The molecule has 2 aromatic rings. The SMILES string of the molecule is Cn1c(=O)n(C2CCC(=O)NC2=O)c2ccc(C#CCN3CC4(CNCCO4)C3)cc21. The van der Waals surface area contributed by atoms with Gasteiger partial charge in [-0.05, 0) is 24.6 Å². The van der Waals surface area contributed by atoms with Crippen LogP contribution in [-0.4, -0.2) is 70.8 Å². The largest absolute Gasteiger partial charge is 0.370 e. The fourth-order valence-corrected chi connectivity index (χ4v) is 4.71. The molecule has 1 unspecified atom stereocenters. The molecule has 1 atom stereocenters. The summed E-state index contributed by atoms with van der Waals surface area (Å²) in [5, 5.41) is 5.70. The number of fused-ring (bicyclic) bond motifs is 1. The summed E-state index contributed by atoms with van der Waals surface area (Å²) < 4.78 is 8.90. The minimum Gasteiger partial charge on any atom is -0.370 e. The molecule has 3 saturated heterocycles. The number of rotatable bonds is 2. The van der Waals surface area contributed by atoms with Gasteiger partial charge in [-0.25, -0.2) is 4.79 Å². The van der Waals surface area contributed by atoms with Crippen LogP contribution in [0.15, 0.2) is 23.0 Å². The normalized spacial score (nSPS) is 23.3. The number of morpholine rings is 1. The number of hydrogen-bond donors (Lipinski definition) is 2. The number of amides is 2. The van der Waals surface area contributed by atoms with Crippen molar-refractivity contribution in [3.63, 3.8) is 0 Å². The predicted octanol–water partition coefficient (Wildman–Crippen LogP) is -0.657. The Balaban J connectivity index is 1.33. The van der Waals surface area contributed by atoms with E-state index < -0.39 is 11.9 Å². The average molecular weight is 423 g/mol. The van der Waals surface area contributed by atoms with E-state index in [4.69, 9.17) is 4.74 Å². The highest BCUT2D eigenvalue weighted by molar-refractivity contribution is 6.00. The fourth-order valence-electron chi connectivity index (χ4n) is 4.71. The zero-order chi connectivity index (χ0) is 21.6. The molecule has 9 nitrogen and oxygen atoms in total. The number of nitrogens with zero attached hydrogens (tertiary/aromatic N) is 3. The second-order valence-electron chi connectivity index (χ2n) is 8.54. The molecular weight excluding hydrogens is 398 g/mol. The van der Waals surface area contributed by atoms with Gasteiger partial charge in [0.15, 0.2) is 0 Å². The number of aromatic nitrogens is 2. The van der Waals surface area contributed by atoms with E-state index in [2.05, 4.69) is 27.4 Å². The van der Waals surface area contributed by atoms with Crippen molar-refractivity contribution in [3.8, 4) is 11.8 Å². The Kier molecular flexibility index (Phi) is 4.93. The Labute approximate surface area is 179 Å². The number of hydrogen-bond acceptors (Lipinski definition) is 6. The third-order valence-electron chi connectivity index (χ3n) is 6.30. The maximum atomic E-state index is 12.8. The Morgan fingerprint density at radius 2 is 2.06 bits per heavy atom. The summed E-state index contributed by atoms with van der Waals surface area (Å²) in [5.74, 6) is 5.66. The summed E-state index contributed by atoms with van der Waals surface area (Å²) in [6.45, 7) is 5.01. The molecule has 162 valence electrons. The van der Waals surface area contributed by atoms with Gasteiger partial charge in [-0.1, -0.05) is 11.8 Å². The number of ether oxygens (including phenoxy) is 1. The van der Waals surface area contributed by atoms with Gasteiger partial charge in [0, 0.05) is 45.2 Å². The molecule has 31 heavy (non-hydrogen) atoms. The van der Waals surface area contributed by atoms with Gasteiger partial charge in [0.1, 0.15) is 11.6 Å². The number of nitrogens with one attached hydrogen (secondary N) is 2. The highest BCUT2D eigenvalue weighted by atomic mass is 16.5. The van der Waals surface area contributed by atoms with Crippen molar-refractivity contribution in [2.75, 3.05) is 39.3 Å². The number of imidazole rings is 1. The number of carbonyl (C=O) groups excluding carboxylic acids is 2. The van der Waals surface area contributed by atoms with Gasteiger partial charge in [-0.3, -0.25) is 28.9 Å². The van der Waals surface area contributed by atoms with Gasteiger partial charge in [0.05, 0.1) is 24.2 Å². The topological polar surface area (TPSA) is 97.6 Å². The van der Waals surface area contributed by atoms with Crippen LogP contribution < -0.4 is 16.3 Å². The van der Waals surface area contributed by atoms with E-state index in [-0.39, 0.29) is 23.6 Å². The number of carbonyl (C=O) groups is 2. The van der Waals surface area contributed by atoms with Crippen LogP contribution >= 0.6 is 0 Å². The molecule has 1 spiro atoms. The Morgan fingerprint density at radius 3 is 2.81 bits per heavy atom. The number of likely N-dealkylation sites (tertiary alicyclic amines) is 1. The number of piperidine rings is 1. The molecule has 1 aromatic carbocycles. The zero-order valence-corrected chi connectivity index (χ0v) is 17.4. The van der Waals surface area contributed by atoms with Crippen molar-refractivity contribution < 1.29 is 14.3 Å².